The van der Waals surface area contributed by atoms with Crippen molar-refractivity contribution in [2.75, 3.05) is 37.7 Å². The summed E-state index contributed by atoms with van der Waals surface area (Å²) in [6.07, 6.45) is 0. The van der Waals surface area contributed by atoms with Crippen LogP contribution in [0.3, 0.4) is 0 Å². The molecule has 1 saturated heterocycles. The predicted octanol–water partition coefficient (Wildman–Crippen LogP) is 0.715. The number of carbonyl (C=O) groups is 2. The first-order valence-electron chi connectivity index (χ1n) is 6.52. The van der Waals surface area contributed by atoms with Crippen molar-refractivity contribution in [3.63, 3.8) is 0 Å². The third-order valence-electron chi connectivity index (χ3n) is 3.51. The molecule has 0 unspecified atom stereocenters. The van der Waals surface area contributed by atoms with E-state index in [0.717, 1.165) is 11.0 Å². The second-order valence-electron chi connectivity index (χ2n) is 4.75. The number of ether oxygens (including phenoxy) is 1. The lowest BCUT2D eigenvalue weighted by Gasteiger charge is -2.32. The molecule has 1 aromatic rings. The zero-order valence-electron chi connectivity index (χ0n) is 11.1. The Morgan fingerprint density at radius 1 is 1.24 bits per heavy atom. The minimum Gasteiger partial charge on any atom is -0.486 e. The fourth-order valence-electron chi connectivity index (χ4n) is 2.42. The van der Waals surface area contributed by atoms with E-state index in [1.807, 2.05) is 0 Å². The van der Waals surface area contributed by atoms with Gasteiger partial charge in [0.1, 0.15) is 6.61 Å². The highest BCUT2D eigenvalue weighted by Crippen LogP contribution is 2.35. The van der Waals surface area contributed by atoms with Crippen LogP contribution in [0.5, 0.6) is 5.75 Å². The van der Waals surface area contributed by atoms with Gasteiger partial charge in [0, 0.05) is 13.1 Å². The summed E-state index contributed by atoms with van der Waals surface area (Å²) in [5.41, 5.74) is 0.423. The molecule has 0 atom stereocenters. The van der Waals surface area contributed by atoms with Crippen molar-refractivity contribution in [2.24, 2.45) is 0 Å². The first-order chi connectivity index (χ1) is 10.1. The van der Waals surface area contributed by atoms with Crippen LogP contribution in [0, 0.1) is 11.6 Å². The maximum atomic E-state index is 13.7. The number of amides is 3. The van der Waals surface area contributed by atoms with Gasteiger partial charge in [-0.25, -0.2) is 9.18 Å². The Balaban J connectivity index is 1.75. The van der Waals surface area contributed by atoms with Crippen LogP contribution in [0.4, 0.5) is 19.3 Å². The molecule has 0 radical (unpaired) electrons. The van der Waals surface area contributed by atoms with Gasteiger partial charge in [0.15, 0.2) is 11.6 Å². The van der Waals surface area contributed by atoms with Gasteiger partial charge in [0.05, 0.1) is 18.8 Å². The SMILES string of the molecule is O=C1CNC(=O)N1CCN1CCOc2c1ccc(F)c2F. The van der Waals surface area contributed by atoms with Gasteiger partial charge in [-0.1, -0.05) is 0 Å². The third kappa shape index (κ3) is 2.37. The van der Waals surface area contributed by atoms with E-state index in [1.54, 1.807) is 4.90 Å². The van der Waals surface area contributed by atoms with Crippen LogP contribution < -0.4 is 15.0 Å². The van der Waals surface area contributed by atoms with Crippen LogP contribution in [0.1, 0.15) is 0 Å². The van der Waals surface area contributed by atoms with Gasteiger partial charge in [-0.05, 0) is 12.1 Å². The first kappa shape index (κ1) is 13.6. The third-order valence-corrected chi connectivity index (χ3v) is 3.51. The molecule has 1 fully saturated rings. The van der Waals surface area contributed by atoms with Gasteiger partial charge in [-0.2, -0.15) is 4.39 Å². The van der Waals surface area contributed by atoms with E-state index < -0.39 is 17.7 Å². The molecule has 3 amide bonds. The Morgan fingerprint density at radius 3 is 2.76 bits per heavy atom. The molecule has 0 aromatic heterocycles. The number of carbonyl (C=O) groups excluding carboxylic acids is 2. The van der Waals surface area contributed by atoms with E-state index in [1.165, 1.54) is 6.07 Å². The normalized spacial score (nSPS) is 17.6. The van der Waals surface area contributed by atoms with Crippen molar-refractivity contribution in [1.29, 1.82) is 0 Å². The summed E-state index contributed by atoms with van der Waals surface area (Å²) < 4.78 is 32.0. The minimum atomic E-state index is -1.02. The number of rotatable bonds is 3. The number of hydrogen-bond acceptors (Lipinski definition) is 4. The van der Waals surface area contributed by atoms with Gasteiger partial charge < -0.3 is 15.0 Å². The zero-order chi connectivity index (χ0) is 15.0. The van der Waals surface area contributed by atoms with Crippen LogP contribution in [0.2, 0.25) is 0 Å². The molecule has 2 aliphatic rings. The molecule has 3 rings (SSSR count). The Morgan fingerprint density at radius 2 is 2.05 bits per heavy atom. The monoisotopic (exact) mass is 297 g/mol. The molecule has 0 aliphatic carbocycles. The fraction of sp³-hybridized carbons (Fsp3) is 0.385. The lowest BCUT2D eigenvalue weighted by Crippen LogP contribution is -2.41. The van der Waals surface area contributed by atoms with Gasteiger partial charge >= 0.3 is 6.03 Å². The Hall–Kier alpha value is -2.38. The van der Waals surface area contributed by atoms with Gasteiger partial charge in [-0.3, -0.25) is 9.69 Å². The van der Waals surface area contributed by atoms with Crippen molar-refractivity contribution in [2.45, 2.75) is 0 Å². The molecule has 112 valence electrons. The summed E-state index contributed by atoms with van der Waals surface area (Å²) in [7, 11) is 0. The maximum absolute atomic E-state index is 13.7. The van der Waals surface area contributed by atoms with Crippen LogP contribution in [0.25, 0.3) is 0 Å². The molecule has 21 heavy (non-hydrogen) atoms. The van der Waals surface area contributed by atoms with Crippen LogP contribution in [0.15, 0.2) is 12.1 Å². The smallest absolute Gasteiger partial charge is 0.324 e. The Labute approximate surface area is 119 Å². The van der Waals surface area contributed by atoms with Crippen molar-refractivity contribution in [3.05, 3.63) is 23.8 Å². The number of hydrogen-bond donors (Lipinski definition) is 1. The highest BCUT2D eigenvalue weighted by atomic mass is 19.2. The number of nitrogens with zero attached hydrogens (tertiary/aromatic N) is 2. The quantitative estimate of drug-likeness (QED) is 0.835. The molecule has 6 nitrogen and oxygen atoms in total. The summed E-state index contributed by atoms with van der Waals surface area (Å²) in [5.74, 6) is -2.41. The number of halogens is 2. The highest BCUT2D eigenvalue weighted by Gasteiger charge is 2.30. The summed E-state index contributed by atoms with van der Waals surface area (Å²) in [6, 6.07) is 2.03. The number of anilines is 1. The summed E-state index contributed by atoms with van der Waals surface area (Å²) in [6.45, 7) is 1.21. The van der Waals surface area contributed by atoms with Crippen molar-refractivity contribution in [1.82, 2.24) is 10.2 Å². The second kappa shape index (κ2) is 5.19. The van der Waals surface area contributed by atoms with Crippen LogP contribution in [-0.4, -0.2) is 49.6 Å². The van der Waals surface area contributed by atoms with Crippen molar-refractivity contribution in [3.8, 4) is 5.75 Å². The summed E-state index contributed by atoms with van der Waals surface area (Å²) in [5, 5.41) is 2.43. The average molecular weight is 297 g/mol. The molecule has 0 saturated carbocycles. The Kier molecular flexibility index (Phi) is 3.36. The average Bonchev–Trinajstić information content (AvgIpc) is 2.80. The highest BCUT2D eigenvalue weighted by molar-refractivity contribution is 6.01. The van der Waals surface area contributed by atoms with E-state index in [-0.39, 0.29) is 31.4 Å². The minimum absolute atomic E-state index is 0.00162. The van der Waals surface area contributed by atoms with E-state index in [0.29, 0.717) is 18.8 Å². The number of nitrogens with one attached hydrogen (secondary N) is 1. The maximum Gasteiger partial charge on any atom is 0.324 e. The second-order valence-corrected chi connectivity index (χ2v) is 4.75. The van der Waals surface area contributed by atoms with Gasteiger partial charge in [0.25, 0.3) is 0 Å². The van der Waals surface area contributed by atoms with E-state index in [4.69, 9.17) is 4.74 Å². The number of benzene rings is 1. The molecule has 1 N–H and O–H groups in total. The lowest BCUT2D eigenvalue weighted by molar-refractivity contribution is -0.124. The largest absolute Gasteiger partial charge is 0.486 e. The first-order valence-corrected chi connectivity index (χ1v) is 6.52. The van der Waals surface area contributed by atoms with E-state index in [2.05, 4.69) is 5.32 Å². The van der Waals surface area contributed by atoms with Gasteiger partial charge in [0.2, 0.25) is 11.7 Å². The number of imide groups is 1. The lowest BCUT2D eigenvalue weighted by atomic mass is 10.2. The van der Waals surface area contributed by atoms with Gasteiger partial charge in [-0.15, -0.1) is 0 Å². The molecule has 2 heterocycles. The standard InChI is InChI=1S/C13H13F2N3O3/c14-8-1-2-9-12(11(8)15)21-6-5-17(9)3-4-18-10(19)7-16-13(18)20/h1-2H,3-7H2,(H,16,20). The molecule has 0 bridgehead atoms. The summed E-state index contributed by atoms with van der Waals surface area (Å²) in [4.78, 5) is 25.8. The number of fused-ring (bicyclic) bond motifs is 1. The predicted molar refractivity (Wildman–Crippen MR) is 69.2 cm³/mol. The van der Waals surface area contributed by atoms with E-state index in [9.17, 15) is 18.4 Å². The van der Waals surface area contributed by atoms with Crippen LogP contribution >= 0.6 is 0 Å². The van der Waals surface area contributed by atoms with Crippen LogP contribution in [-0.2, 0) is 4.79 Å². The molecular weight excluding hydrogens is 284 g/mol. The van der Waals surface area contributed by atoms with E-state index >= 15 is 0 Å². The fourth-order valence-corrected chi connectivity index (χ4v) is 2.42. The zero-order valence-corrected chi connectivity index (χ0v) is 11.1. The van der Waals surface area contributed by atoms with Crippen molar-refractivity contribution < 1.29 is 23.1 Å². The molecule has 8 heteroatoms. The molecule has 1 aromatic carbocycles. The Bertz CT molecular complexity index is 593. The van der Waals surface area contributed by atoms with Crippen molar-refractivity contribution >= 4 is 17.6 Å². The number of urea groups is 1. The molecule has 0 spiro atoms. The molecule has 2 aliphatic heterocycles. The topological polar surface area (TPSA) is 61.9 Å². The summed E-state index contributed by atoms with van der Waals surface area (Å²) >= 11 is 0. The molecular formula is C13H13F2N3O3.